The third kappa shape index (κ3) is 8.52. The van der Waals surface area contributed by atoms with E-state index in [0.29, 0.717) is 6.04 Å². The van der Waals surface area contributed by atoms with Gasteiger partial charge in [0.2, 0.25) is 0 Å². The van der Waals surface area contributed by atoms with Crippen LogP contribution < -0.4 is 4.74 Å². The average molecular weight is 364 g/mol. The molecule has 0 bridgehead atoms. The number of hydrogen-bond donors (Lipinski definition) is 0. The zero-order valence-electron chi connectivity index (χ0n) is 18.0. The van der Waals surface area contributed by atoms with Crippen LogP contribution in [0.3, 0.4) is 0 Å². The van der Waals surface area contributed by atoms with E-state index in [1.165, 1.54) is 5.56 Å². The van der Waals surface area contributed by atoms with Gasteiger partial charge in [0.05, 0.1) is 0 Å². The Labute approximate surface area is 162 Å². The summed E-state index contributed by atoms with van der Waals surface area (Å²) in [6, 6.07) is 9.18. The summed E-state index contributed by atoms with van der Waals surface area (Å²) in [6.45, 7) is 19.6. The van der Waals surface area contributed by atoms with Crippen molar-refractivity contribution in [3.05, 3.63) is 29.8 Å². The van der Waals surface area contributed by atoms with Crippen molar-refractivity contribution in [1.29, 1.82) is 0 Å². The molecule has 0 heterocycles. The van der Waals surface area contributed by atoms with E-state index in [1.807, 2.05) is 0 Å². The molecule has 0 saturated carbocycles. The minimum atomic E-state index is 0.542. The number of likely N-dealkylation sites (N-methyl/N-ethyl adjacent to an activating group) is 3. The normalized spacial score (nSPS) is 13.0. The molecule has 0 aliphatic carbocycles. The van der Waals surface area contributed by atoms with Gasteiger partial charge in [0.1, 0.15) is 12.4 Å². The molecule has 1 unspecified atom stereocenters. The van der Waals surface area contributed by atoms with Gasteiger partial charge in [0.25, 0.3) is 0 Å². The summed E-state index contributed by atoms with van der Waals surface area (Å²) in [6.07, 6.45) is 1.08. The first-order valence-corrected chi connectivity index (χ1v) is 10.4. The van der Waals surface area contributed by atoms with Gasteiger partial charge in [-0.1, -0.05) is 39.8 Å². The molecule has 150 valence electrons. The largest absolute Gasteiger partial charge is 0.492 e. The molecule has 0 N–H and O–H groups in total. The molecule has 0 aromatic heterocycles. The number of rotatable bonds is 14. The zero-order valence-corrected chi connectivity index (χ0v) is 18.0. The Morgan fingerprint density at radius 2 is 1.35 bits per heavy atom. The van der Waals surface area contributed by atoms with Crippen LogP contribution >= 0.6 is 0 Å². The predicted molar refractivity (Wildman–Crippen MR) is 113 cm³/mol. The Bertz CT molecular complexity index is 455. The lowest BCUT2D eigenvalue weighted by Gasteiger charge is -2.28. The second kappa shape index (κ2) is 13.1. The quantitative estimate of drug-likeness (QED) is 0.502. The molecule has 0 aliphatic heterocycles. The van der Waals surface area contributed by atoms with Crippen molar-refractivity contribution in [2.45, 2.75) is 47.1 Å². The van der Waals surface area contributed by atoms with Crippen LogP contribution in [0.25, 0.3) is 0 Å². The third-order valence-corrected chi connectivity index (χ3v) is 5.44. The molecule has 0 radical (unpaired) electrons. The minimum absolute atomic E-state index is 0.542. The van der Waals surface area contributed by atoms with Gasteiger partial charge in [0, 0.05) is 25.7 Å². The highest BCUT2D eigenvalue weighted by molar-refractivity contribution is 5.27. The summed E-state index contributed by atoms with van der Waals surface area (Å²) in [5.74, 6) is 0.975. The van der Waals surface area contributed by atoms with Crippen molar-refractivity contribution in [2.75, 3.05) is 59.5 Å². The Kier molecular flexibility index (Phi) is 11.6. The molecule has 0 fully saturated rings. The lowest BCUT2D eigenvalue weighted by Crippen LogP contribution is -2.38. The first-order valence-electron chi connectivity index (χ1n) is 10.4. The Morgan fingerprint density at radius 3 is 1.88 bits per heavy atom. The van der Waals surface area contributed by atoms with Crippen molar-refractivity contribution in [2.24, 2.45) is 0 Å². The van der Waals surface area contributed by atoms with Gasteiger partial charge in [-0.2, -0.15) is 0 Å². The van der Waals surface area contributed by atoms with Gasteiger partial charge >= 0.3 is 0 Å². The molecule has 0 amide bonds. The van der Waals surface area contributed by atoms with E-state index in [9.17, 15) is 0 Å². The molecule has 0 spiro atoms. The van der Waals surface area contributed by atoms with Gasteiger partial charge in [-0.05, 0) is 64.3 Å². The summed E-state index contributed by atoms with van der Waals surface area (Å²) < 4.78 is 5.88. The van der Waals surface area contributed by atoms with Crippen molar-refractivity contribution in [3.63, 3.8) is 0 Å². The monoisotopic (exact) mass is 363 g/mol. The highest BCUT2D eigenvalue weighted by Crippen LogP contribution is 2.15. The molecule has 26 heavy (non-hydrogen) atoms. The van der Waals surface area contributed by atoms with Crippen LogP contribution in [0.5, 0.6) is 5.75 Å². The topological polar surface area (TPSA) is 19.0 Å². The van der Waals surface area contributed by atoms with Crippen LogP contribution in [0, 0.1) is 0 Å². The molecule has 0 saturated heterocycles. The number of ether oxygens (including phenoxy) is 1. The van der Waals surface area contributed by atoms with E-state index in [-0.39, 0.29) is 0 Å². The summed E-state index contributed by atoms with van der Waals surface area (Å²) in [7, 11) is 2.23. The molecule has 4 nitrogen and oxygen atoms in total. The number of benzene rings is 1. The van der Waals surface area contributed by atoms with Gasteiger partial charge in [0.15, 0.2) is 0 Å². The molecular weight excluding hydrogens is 322 g/mol. The summed E-state index contributed by atoms with van der Waals surface area (Å²) in [5.41, 5.74) is 1.38. The summed E-state index contributed by atoms with van der Waals surface area (Å²) in [5, 5.41) is 0. The minimum Gasteiger partial charge on any atom is -0.492 e. The highest BCUT2D eigenvalue weighted by Gasteiger charge is 2.11. The first kappa shape index (κ1) is 22.9. The zero-order chi connectivity index (χ0) is 19.4. The van der Waals surface area contributed by atoms with Crippen LogP contribution in [0.4, 0.5) is 0 Å². The lowest BCUT2D eigenvalue weighted by atomic mass is 10.1. The van der Waals surface area contributed by atoms with Crippen molar-refractivity contribution in [3.8, 4) is 5.75 Å². The Hall–Kier alpha value is -1.10. The summed E-state index contributed by atoms with van der Waals surface area (Å²) in [4.78, 5) is 7.32. The van der Waals surface area contributed by atoms with E-state index in [4.69, 9.17) is 4.74 Å². The maximum Gasteiger partial charge on any atom is 0.119 e. The standard InChI is InChI=1S/C22H41N3O/c1-7-24(8-2)16-15-23(6)20(5)19-21-11-13-22(14-12-21)26-18-17-25(9-3)10-4/h11-14,20H,7-10,15-19H2,1-6H3. The number of hydrogen-bond acceptors (Lipinski definition) is 4. The first-order chi connectivity index (χ1) is 12.5. The van der Waals surface area contributed by atoms with Crippen LogP contribution in [-0.4, -0.2) is 80.2 Å². The fourth-order valence-electron chi connectivity index (χ4n) is 3.11. The SMILES string of the molecule is CCN(CC)CCOc1ccc(CC(C)N(C)CCN(CC)CC)cc1. The van der Waals surface area contributed by atoms with Gasteiger partial charge in [-0.25, -0.2) is 0 Å². The smallest absolute Gasteiger partial charge is 0.119 e. The molecular formula is C22H41N3O. The number of nitrogens with zero attached hydrogens (tertiary/aromatic N) is 3. The van der Waals surface area contributed by atoms with Crippen molar-refractivity contribution in [1.82, 2.24) is 14.7 Å². The second-order valence-corrected chi connectivity index (χ2v) is 7.08. The molecule has 1 aromatic carbocycles. The van der Waals surface area contributed by atoms with Gasteiger partial charge in [-0.3, -0.25) is 0 Å². The van der Waals surface area contributed by atoms with Crippen LogP contribution in [0.2, 0.25) is 0 Å². The second-order valence-electron chi connectivity index (χ2n) is 7.08. The van der Waals surface area contributed by atoms with Gasteiger partial charge in [-0.15, -0.1) is 0 Å². The van der Waals surface area contributed by atoms with Crippen LogP contribution in [0.15, 0.2) is 24.3 Å². The fourth-order valence-corrected chi connectivity index (χ4v) is 3.11. The lowest BCUT2D eigenvalue weighted by molar-refractivity contribution is 0.204. The van der Waals surface area contributed by atoms with Crippen molar-refractivity contribution >= 4 is 0 Å². The van der Waals surface area contributed by atoms with Crippen LogP contribution in [0.1, 0.15) is 40.2 Å². The van der Waals surface area contributed by atoms with Crippen LogP contribution in [-0.2, 0) is 6.42 Å². The predicted octanol–water partition coefficient (Wildman–Crippen LogP) is 3.61. The molecule has 1 aromatic rings. The van der Waals surface area contributed by atoms with Crippen molar-refractivity contribution < 1.29 is 4.74 Å². The van der Waals surface area contributed by atoms with E-state index in [1.54, 1.807) is 0 Å². The van der Waals surface area contributed by atoms with Gasteiger partial charge < -0.3 is 19.4 Å². The van der Waals surface area contributed by atoms with E-state index >= 15 is 0 Å². The van der Waals surface area contributed by atoms with E-state index in [0.717, 1.165) is 64.6 Å². The average Bonchev–Trinajstić information content (AvgIpc) is 2.67. The molecule has 1 rings (SSSR count). The summed E-state index contributed by atoms with van der Waals surface area (Å²) >= 11 is 0. The maximum atomic E-state index is 5.88. The third-order valence-electron chi connectivity index (χ3n) is 5.44. The molecule has 4 heteroatoms. The molecule has 1 atom stereocenters. The van der Waals surface area contributed by atoms with E-state index < -0.39 is 0 Å². The Balaban J connectivity index is 2.38. The fraction of sp³-hybridized carbons (Fsp3) is 0.727. The maximum absolute atomic E-state index is 5.88. The molecule has 0 aliphatic rings. The van der Waals surface area contributed by atoms with E-state index in [2.05, 4.69) is 80.6 Å². The highest BCUT2D eigenvalue weighted by atomic mass is 16.5. The Morgan fingerprint density at radius 1 is 0.808 bits per heavy atom.